The summed E-state index contributed by atoms with van der Waals surface area (Å²) in [4.78, 5) is 0. The first-order chi connectivity index (χ1) is 9.15. The van der Waals surface area contributed by atoms with E-state index in [9.17, 15) is 8.42 Å². The van der Waals surface area contributed by atoms with E-state index in [0.717, 1.165) is 43.7 Å². The summed E-state index contributed by atoms with van der Waals surface area (Å²) in [5.74, 6) is 1.07. The standard InChI is InChI=1S/C14H19NO3S/c16-19(17)8-2-1-3-13(19)10-18-12-5-4-11-6-7-15-14(11)9-12/h4-5,9,13,15H,1-3,6-8,10H2. The number of hydrogen-bond acceptors (Lipinski definition) is 4. The van der Waals surface area contributed by atoms with Crippen LogP contribution >= 0.6 is 0 Å². The first-order valence-electron chi connectivity index (χ1n) is 6.86. The molecule has 0 aromatic heterocycles. The highest BCUT2D eigenvalue weighted by Crippen LogP contribution is 2.28. The molecule has 0 radical (unpaired) electrons. The van der Waals surface area contributed by atoms with Crippen LogP contribution in [0.5, 0.6) is 5.75 Å². The predicted octanol–water partition coefficient (Wildman–Crippen LogP) is 2.00. The van der Waals surface area contributed by atoms with E-state index in [4.69, 9.17) is 4.74 Å². The van der Waals surface area contributed by atoms with Gasteiger partial charge in [0.2, 0.25) is 0 Å². The summed E-state index contributed by atoms with van der Waals surface area (Å²) in [6.07, 6.45) is 3.55. The van der Waals surface area contributed by atoms with Crippen molar-refractivity contribution in [1.82, 2.24) is 0 Å². The lowest BCUT2D eigenvalue weighted by atomic mass is 10.1. The SMILES string of the molecule is O=S1(=O)CCCCC1COc1ccc2c(c1)NCC2. The van der Waals surface area contributed by atoms with Crippen molar-refractivity contribution in [2.45, 2.75) is 30.9 Å². The van der Waals surface area contributed by atoms with Crippen LogP contribution in [0.1, 0.15) is 24.8 Å². The van der Waals surface area contributed by atoms with Gasteiger partial charge in [0.1, 0.15) is 12.4 Å². The van der Waals surface area contributed by atoms with E-state index >= 15 is 0 Å². The number of ether oxygens (including phenoxy) is 1. The van der Waals surface area contributed by atoms with Gasteiger partial charge in [-0.2, -0.15) is 0 Å². The number of benzene rings is 1. The molecule has 1 aromatic rings. The van der Waals surface area contributed by atoms with Gasteiger partial charge in [0, 0.05) is 18.3 Å². The Bertz CT molecular complexity index is 568. The van der Waals surface area contributed by atoms with Crippen molar-refractivity contribution < 1.29 is 13.2 Å². The van der Waals surface area contributed by atoms with E-state index in [1.165, 1.54) is 5.56 Å². The van der Waals surface area contributed by atoms with E-state index < -0.39 is 9.84 Å². The monoisotopic (exact) mass is 281 g/mol. The Morgan fingerprint density at radius 3 is 3.05 bits per heavy atom. The van der Waals surface area contributed by atoms with Crippen LogP contribution in [0.4, 0.5) is 5.69 Å². The third kappa shape index (κ3) is 2.71. The molecule has 1 unspecified atom stereocenters. The largest absolute Gasteiger partial charge is 0.492 e. The van der Waals surface area contributed by atoms with E-state index in [0.29, 0.717) is 5.75 Å². The highest BCUT2D eigenvalue weighted by molar-refractivity contribution is 7.92. The van der Waals surface area contributed by atoms with Crippen molar-refractivity contribution >= 4 is 15.5 Å². The van der Waals surface area contributed by atoms with Crippen molar-refractivity contribution in [2.24, 2.45) is 0 Å². The lowest BCUT2D eigenvalue weighted by Crippen LogP contribution is -2.33. The number of hydrogen-bond donors (Lipinski definition) is 1. The molecule has 1 saturated heterocycles. The van der Waals surface area contributed by atoms with E-state index in [1.54, 1.807) is 0 Å². The molecule has 1 fully saturated rings. The summed E-state index contributed by atoms with van der Waals surface area (Å²) in [5, 5.41) is 2.97. The molecule has 5 heteroatoms. The second-order valence-corrected chi connectivity index (χ2v) is 7.69. The van der Waals surface area contributed by atoms with Gasteiger partial charge in [-0.25, -0.2) is 8.42 Å². The molecule has 1 N–H and O–H groups in total. The highest BCUT2D eigenvalue weighted by atomic mass is 32.2. The highest BCUT2D eigenvalue weighted by Gasteiger charge is 2.29. The first-order valence-corrected chi connectivity index (χ1v) is 8.58. The minimum atomic E-state index is -2.95. The Balaban J connectivity index is 1.66. The Kier molecular flexibility index (Phi) is 3.39. The Hall–Kier alpha value is -1.23. The van der Waals surface area contributed by atoms with Crippen LogP contribution in [0.2, 0.25) is 0 Å². The molecule has 1 aromatic carbocycles. The van der Waals surface area contributed by atoms with Gasteiger partial charge in [0.15, 0.2) is 9.84 Å². The van der Waals surface area contributed by atoms with E-state index in [-0.39, 0.29) is 11.9 Å². The van der Waals surface area contributed by atoms with Crippen molar-refractivity contribution in [3.63, 3.8) is 0 Å². The van der Waals surface area contributed by atoms with Gasteiger partial charge >= 0.3 is 0 Å². The van der Waals surface area contributed by atoms with E-state index in [2.05, 4.69) is 11.4 Å². The van der Waals surface area contributed by atoms with E-state index in [1.807, 2.05) is 12.1 Å². The number of anilines is 1. The fourth-order valence-corrected chi connectivity index (χ4v) is 4.50. The molecule has 2 aliphatic rings. The van der Waals surface area contributed by atoms with Crippen molar-refractivity contribution in [1.29, 1.82) is 0 Å². The lowest BCUT2D eigenvalue weighted by molar-refractivity contribution is 0.302. The third-order valence-electron chi connectivity index (χ3n) is 3.94. The summed E-state index contributed by atoms with van der Waals surface area (Å²) >= 11 is 0. The van der Waals surface area contributed by atoms with Crippen LogP contribution in [-0.4, -0.2) is 32.6 Å². The van der Waals surface area contributed by atoms with Crippen LogP contribution in [0.15, 0.2) is 18.2 Å². The number of nitrogens with one attached hydrogen (secondary N) is 1. The Morgan fingerprint density at radius 2 is 2.21 bits per heavy atom. The quantitative estimate of drug-likeness (QED) is 0.920. The van der Waals surface area contributed by atoms with Gasteiger partial charge in [-0.3, -0.25) is 0 Å². The number of fused-ring (bicyclic) bond motifs is 1. The average molecular weight is 281 g/mol. The molecule has 0 amide bonds. The van der Waals surface area contributed by atoms with Crippen LogP contribution < -0.4 is 10.1 Å². The number of sulfone groups is 1. The second kappa shape index (κ2) is 5.04. The van der Waals surface area contributed by atoms with Crippen molar-refractivity contribution in [3.8, 4) is 5.75 Å². The lowest BCUT2D eigenvalue weighted by Gasteiger charge is -2.22. The van der Waals surface area contributed by atoms with Crippen LogP contribution in [-0.2, 0) is 16.3 Å². The molecule has 4 nitrogen and oxygen atoms in total. The summed E-state index contributed by atoms with van der Waals surface area (Å²) < 4.78 is 29.5. The Morgan fingerprint density at radius 1 is 1.32 bits per heavy atom. The Labute approximate surface area is 114 Å². The fraction of sp³-hybridized carbons (Fsp3) is 0.571. The molecule has 0 aliphatic carbocycles. The predicted molar refractivity (Wildman–Crippen MR) is 75.6 cm³/mol. The molecule has 0 bridgehead atoms. The molecule has 0 spiro atoms. The summed E-state index contributed by atoms with van der Waals surface area (Å²) in [6, 6.07) is 5.96. The average Bonchev–Trinajstić information content (AvgIpc) is 2.84. The minimum Gasteiger partial charge on any atom is -0.492 e. The normalized spacial score (nSPS) is 24.5. The van der Waals surface area contributed by atoms with Gasteiger partial charge in [-0.1, -0.05) is 12.5 Å². The minimum absolute atomic E-state index is 0.279. The molecule has 2 heterocycles. The van der Waals surface area contributed by atoms with Gasteiger partial charge in [-0.05, 0) is 30.9 Å². The van der Waals surface area contributed by atoms with Crippen LogP contribution in [0.3, 0.4) is 0 Å². The maximum Gasteiger partial charge on any atom is 0.156 e. The van der Waals surface area contributed by atoms with Gasteiger partial charge in [0.05, 0.1) is 11.0 Å². The summed E-state index contributed by atoms with van der Waals surface area (Å²) in [5.41, 5.74) is 2.42. The smallest absolute Gasteiger partial charge is 0.156 e. The molecule has 104 valence electrons. The molecule has 0 saturated carbocycles. The van der Waals surface area contributed by atoms with Crippen molar-refractivity contribution in [2.75, 3.05) is 24.2 Å². The fourth-order valence-electron chi connectivity index (χ4n) is 2.76. The molecule has 3 rings (SSSR count). The molecule has 2 aliphatic heterocycles. The van der Waals surface area contributed by atoms with Crippen molar-refractivity contribution in [3.05, 3.63) is 23.8 Å². The molecular formula is C14H19NO3S. The van der Waals surface area contributed by atoms with Gasteiger partial charge in [-0.15, -0.1) is 0 Å². The number of rotatable bonds is 3. The molecule has 1 atom stereocenters. The summed E-state index contributed by atoms with van der Waals surface area (Å²) in [6.45, 7) is 1.25. The zero-order chi connectivity index (χ0) is 13.3. The van der Waals surface area contributed by atoms with Gasteiger partial charge in [0.25, 0.3) is 0 Å². The first kappa shape index (κ1) is 12.8. The summed E-state index contributed by atoms with van der Waals surface area (Å²) in [7, 11) is -2.95. The molecule has 19 heavy (non-hydrogen) atoms. The zero-order valence-electron chi connectivity index (χ0n) is 10.9. The maximum atomic E-state index is 11.9. The van der Waals surface area contributed by atoms with Gasteiger partial charge < -0.3 is 10.1 Å². The molecular weight excluding hydrogens is 262 g/mol. The van der Waals surface area contributed by atoms with Crippen LogP contribution in [0, 0.1) is 0 Å². The topological polar surface area (TPSA) is 55.4 Å². The maximum absolute atomic E-state index is 11.9. The second-order valence-electron chi connectivity index (χ2n) is 5.29. The zero-order valence-corrected chi connectivity index (χ0v) is 11.7. The third-order valence-corrected chi connectivity index (χ3v) is 6.19. The van der Waals surface area contributed by atoms with Crippen LogP contribution in [0.25, 0.3) is 0 Å².